The first-order valence-corrected chi connectivity index (χ1v) is 11.5. The van der Waals surface area contributed by atoms with Crippen LogP contribution in [0.2, 0.25) is 0 Å². The number of fused-ring (bicyclic) bond motifs is 1. The van der Waals surface area contributed by atoms with Crippen molar-refractivity contribution in [3.8, 4) is 11.8 Å². The van der Waals surface area contributed by atoms with Gasteiger partial charge in [0.25, 0.3) is 5.56 Å². The molecule has 5 rings (SSSR count). The molecule has 0 amide bonds. The van der Waals surface area contributed by atoms with Gasteiger partial charge in [-0.15, -0.1) is 11.3 Å². The molecule has 0 bridgehead atoms. The van der Waals surface area contributed by atoms with Crippen LogP contribution in [-0.4, -0.2) is 20.3 Å². The van der Waals surface area contributed by atoms with Crippen molar-refractivity contribution in [1.29, 1.82) is 5.26 Å². The van der Waals surface area contributed by atoms with E-state index in [0.29, 0.717) is 22.3 Å². The Morgan fingerprint density at radius 3 is 2.60 bits per heavy atom. The molecule has 1 N–H and O–H groups in total. The second-order valence-corrected chi connectivity index (χ2v) is 8.78. The summed E-state index contributed by atoms with van der Waals surface area (Å²) in [4.78, 5) is 34.6. The number of hydrogen-bond donors (Lipinski definition) is 1. The van der Waals surface area contributed by atoms with Crippen LogP contribution in [0.15, 0.2) is 77.7 Å². The number of carbonyl (C=O) groups excluding carboxylic acids is 1. The Morgan fingerprint density at radius 2 is 1.86 bits per heavy atom. The molecule has 35 heavy (non-hydrogen) atoms. The number of thiazole rings is 1. The number of para-hydroxylation sites is 2. The summed E-state index contributed by atoms with van der Waals surface area (Å²) in [6.07, 6.45) is 3.15. The number of pyridine rings is 1. The fourth-order valence-corrected chi connectivity index (χ4v) is 5.07. The lowest BCUT2D eigenvalue weighted by atomic mass is 10.0. The minimum absolute atomic E-state index is 0.0411. The minimum atomic E-state index is -0.647. The second-order valence-electron chi connectivity index (χ2n) is 7.75. The van der Waals surface area contributed by atoms with Crippen molar-refractivity contribution in [1.82, 2.24) is 14.5 Å². The van der Waals surface area contributed by atoms with Crippen molar-refractivity contribution in [3.63, 3.8) is 0 Å². The number of halogens is 1. The van der Waals surface area contributed by atoms with Crippen LogP contribution < -0.4 is 14.8 Å². The molecule has 0 unspecified atom stereocenters. The van der Waals surface area contributed by atoms with Gasteiger partial charge in [-0.05, 0) is 43.3 Å². The SMILES string of the molecule is Cc1[nH]c2ccccc2c1C(=O)C(C#N)=c1s/c(=C\c2ccccn2)c(=O)n1-c1ccccc1F. The van der Waals surface area contributed by atoms with Gasteiger partial charge in [0, 0.05) is 22.8 Å². The van der Waals surface area contributed by atoms with Crippen molar-refractivity contribution < 1.29 is 9.18 Å². The van der Waals surface area contributed by atoms with E-state index in [4.69, 9.17) is 0 Å². The number of rotatable bonds is 4. The van der Waals surface area contributed by atoms with Gasteiger partial charge in [0.05, 0.1) is 21.5 Å². The van der Waals surface area contributed by atoms with Crippen LogP contribution in [0.5, 0.6) is 0 Å². The predicted octanol–water partition coefficient (Wildman–Crippen LogP) is 3.61. The standard InChI is InChI=1S/C27H17FN4O2S/c1-16-24(18-9-2-4-11-21(18)31-16)25(33)19(15-29)27-32(22-12-5-3-10-20(22)28)26(34)23(35-27)14-17-8-6-7-13-30-17/h2-14,31H,1H3/b23-14-,27-19?. The van der Waals surface area contributed by atoms with E-state index in [1.165, 1.54) is 18.2 Å². The number of ketones is 1. The fourth-order valence-electron chi connectivity index (χ4n) is 3.99. The van der Waals surface area contributed by atoms with Gasteiger partial charge in [-0.1, -0.05) is 36.4 Å². The third kappa shape index (κ3) is 3.88. The number of benzene rings is 2. The molecule has 0 aliphatic rings. The highest BCUT2D eigenvalue weighted by atomic mass is 32.1. The summed E-state index contributed by atoms with van der Waals surface area (Å²) in [5.74, 6) is -1.19. The van der Waals surface area contributed by atoms with E-state index in [1.54, 1.807) is 55.6 Å². The first-order valence-electron chi connectivity index (χ1n) is 10.7. The molecular weight excluding hydrogens is 463 g/mol. The highest BCUT2D eigenvalue weighted by Gasteiger charge is 2.23. The molecule has 0 fully saturated rings. The van der Waals surface area contributed by atoms with Crippen molar-refractivity contribution in [2.45, 2.75) is 6.92 Å². The average molecular weight is 481 g/mol. The van der Waals surface area contributed by atoms with Gasteiger partial charge < -0.3 is 4.98 Å². The maximum Gasteiger partial charge on any atom is 0.273 e. The summed E-state index contributed by atoms with van der Waals surface area (Å²) < 4.78 is 16.2. The zero-order valence-electron chi connectivity index (χ0n) is 18.4. The Bertz CT molecular complexity index is 1830. The number of aromatic amines is 1. The van der Waals surface area contributed by atoms with Crippen molar-refractivity contribution >= 4 is 39.7 Å². The zero-order valence-corrected chi connectivity index (χ0v) is 19.3. The van der Waals surface area contributed by atoms with Gasteiger partial charge in [-0.3, -0.25) is 19.1 Å². The molecule has 0 aliphatic carbocycles. The number of hydrogen-bond acceptors (Lipinski definition) is 5. The number of aryl methyl sites for hydroxylation is 1. The molecule has 0 spiro atoms. The lowest BCUT2D eigenvalue weighted by Gasteiger charge is -2.05. The molecule has 0 aliphatic heterocycles. The monoisotopic (exact) mass is 480 g/mol. The van der Waals surface area contributed by atoms with Gasteiger partial charge in [0.1, 0.15) is 22.1 Å². The number of aromatic nitrogens is 3. The number of nitriles is 1. The molecule has 0 saturated carbocycles. The third-order valence-electron chi connectivity index (χ3n) is 5.56. The first-order chi connectivity index (χ1) is 17.0. The molecule has 170 valence electrons. The van der Waals surface area contributed by atoms with Crippen LogP contribution in [0, 0.1) is 24.1 Å². The minimum Gasteiger partial charge on any atom is -0.358 e. The molecule has 0 saturated heterocycles. The average Bonchev–Trinajstić information content (AvgIpc) is 3.36. The molecule has 2 aromatic carbocycles. The van der Waals surface area contributed by atoms with Gasteiger partial charge in [0.15, 0.2) is 0 Å². The van der Waals surface area contributed by atoms with Crippen LogP contribution >= 0.6 is 11.3 Å². The zero-order chi connectivity index (χ0) is 24.5. The quantitative estimate of drug-likeness (QED) is 0.398. The molecular formula is C27H17FN4O2S. The van der Waals surface area contributed by atoms with Crippen LogP contribution in [0.3, 0.4) is 0 Å². The lowest BCUT2D eigenvalue weighted by Crippen LogP contribution is -2.32. The Morgan fingerprint density at radius 1 is 1.11 bits per heavy atom. The van der Waals surface area contributed by atoms with Gasteiger partial charge in [-0.2, -0.15) is 5.26 Å². The molecule has 3 aromatic heterocycles. The number of H-pyrrole nitrogens is 1. The third-order valence-corrected chi connectivity index (χ3v) is 6.65. The van der Waals surface area contributed by atoms with Crippen molar-refractivity contribution in [2.24, 2.45) is 0 Å². The van der Waals surface area contributed by atoms with E-state index in [2.05, 4.69) is 9.97 Å². The fraction of sp³-hybridized carbons (Fsp3) is 0.0370. The molecule has 3 heterocycles. The maximum absolute atomic E-state index is 14.8. The van der Waals surface area contributed by atoms with Crippen LogP contribution in [-0.2, 0) is 0 Å². The summed E-state index contributed by atoms with van der Waals surface area (Å²) >= 11 is 0.952. The topological polar surface area (TPSA) is 91.5 Å². The summed E-state index contributed by atoms with van der Waals surface area (Å²) in [7, 11) is 0. The molecule has 0 radical (unpaired) electrons. The van der Waals surface area contributed by atoms with E-state index in [9.17, 15) is 19.2 Å². The van der Waals surface area contributed by atoms with E-state index >= 15 is 0 Å². The summed E-state index contributed by atoms with van der Waals surface area (Å²) in [6.45, 7) is 1.75. The molecule has 5 aromatic rings. The summed E-state index contributed by atoms with van der Waals surface area (Å²) in [5, 5.41) is 10.8. The van der Waals surface area contributed by atoms with Gasteiger partial charge in [-0.25, -0.2) is 4.39 Å². The first kappa shape index (κ1) is 22.2. The molecule has 0 atom stereocenters. The van der Waals surface area contributed by atoms with E-state index in [-0.39, 0.29) is 20.5 Å². The largest absolute Gasteiger partial charge is 0.358 e. The van der Waals surface area contributed by atoms with Crippen molar-refractivity contribution in [2.75, 3.05) is 0 Å². The highest BCUT2D eigenvalue weighted by molar-refractivity contribution is 7.07. The van der Waals surface area contributed by atoms with Crippen LogP contribution in [0.25, 0.3) is 28.2 Å². The smallest absolute Gasteiger partial charge is 0.273 e. The molecule has 8 heteroatoms. The summed E-state index contributed by atoms with van der Waals surface area (Å²) in [6, 6.07) is 20.3. The Labute approximate surface area is 202 Å². The van der Waals surface area contributed by atoms with Crippen LogP contribution in [0.1, 0.15) is 21.7 Å². The number of nitrogens with zero attached hydrogens (tertiary/aromatic N) is 3. The maximum atomic E-state index is 14.8. The highest BCUT2D eigenvalue weighted by Crippen LogP contribution is 2.24. The Balaban J connectivity index is 1.87. The predicted molar refractivity (Wildman–Crippen MR) is 133 cm³/mol. The molecule has 6 nitrogen and oxygen atoms in total. The Kier molecular flexibility index (Phi) is 5.69. The van der Waals surface area contributed by atoms with E-state index < -0.39 is 17.2 Å². The van der Waals surface area contributed by atoms with Gasteiger partial charge in [0.2, 0.25) is 5.78 Å². The summed E-state index contributed by atoms with van der Waals surface area (Å²) in [5.41, 5.74) is 1.39. The normalized spacial score (nSPS) is 12.5. The number of carbonyl (C=O) groups is 1. The second kappa shape index (κ2) is 8.97. The lowest BCUT2D eigenvalue weighted by molar-refractivity contribution is 0.105. The van der Waals surface area contributed by atoms with E-state index in [1.807, 2.05) is 18.2 Å². The van der Waals surface area contributed by atoms with Crippen LogP contribution in [0.4, 0.5) is 4.39 Å². The van der Waals surface area contributed by atoms with E-state index in [0.717, 1.165) is 21.4 Å². The van der Waals surface area contributed by atoms with Gasteiger partial charge >= 0.3 is 0 Å². The number of nitrogens with one attached hydrogen (secondary N) is 1. The number of Topliss-reactive ketones (excluding diaryl/α,β-unsaturated/α-hetero) is 1. The van der Waals surface area contributed by atoms with Crippen molar-refractivity contribution in [3.05, 3.63) is 115 Å². The Hall–Kier alpha value is -4.61.